The lowest BCUT2D eigenvalue weighted by Gasteiger charge is -2.30. The maximum absolute atomic E-state index is 13.4. The lowest BCUT2D eigenvalue weighted by Crippen LogP contribution is -2.36. The van der Waals surface area contributed by atoms with Gasteiger partial charge in [0.1, 0.15) is 16.4 Å². The Morgan fingerprint density at radius 3 is 2.43 bits per heavy atom. The normalized spacial score (nSPS) is 13.8. The van der Waals surface area contributed by atoms with Crippen molar-refractivity contribution in [2.45, 2.75) is 31.6 Å². The second kappa shape index (κ2) is 9.06. The summed E-state index contributed by atoms with van der Waals surface area (Å²) in [6.45, 7) is 4.80. The molecule has 2 aromatic carbocycles. The second-order valence-electron chi connectivity index (χ2n) is 7.01. The highest BCUT2D eigenvalue weighted by Crippen LogP contribution is 2.33. The van der Waals surface area contributed by atoms with E-state index in [4.69, 9.17) is 9.47 Å². The average molecular weight is 433 g/mol. The van der Waals surface area contributed by atoms with E-state index in [1.54, 1.807) is 38.0 Å². The van der Waals surface area contributed by atoms with Crippen LogP contribution in [0.25, 0.3) is 0 Å². The Balaban J connectivity index is 2.03. The van der Waals surface area contributed by atoms with E-state index < -0.39 is 10.0 Å². The number of anilines is 1. The summed E-state index contributed by atoms with van der Waals surface area (Å²) in [5.74, 6) is 0.738. The molecular weight excluding hydrogens is 404 g/mol. The van der Waals surface area contributed by atoms with E-state index in [1.807, 2.05) is 18.2 Å². The van der Waals surface area contributed by atoms with Crippen molar-refractivity contribution in [2.24, 2.45) is 0 Å². The third kappa shape index (κ3) is 4.02. The number of nitrogens with zero attached hydrogens (tertiary/aromatic N) is 2. The molecule has 3 rings (SSSR count). The van der Waals surface area contributed by atoms with Gasteiger partial charge < -0.3 is 14.4 Å². The largest absolute Gasteiger partial charge is 0.497 e. The van der Waals surface area contributed by atoms with Gasteiger partial charge in [-0.05, 0) is 54.8 Å². The van der Waals surface area contributed by atoms with E-state index in [0.717, 1.165) is 29.8 Å². The van der Waals surface area contributed by atoms with Crippen LogP contribution >= 0.6 is 0 Å². The summed E-state index contributed by atoms with van der Waals surface area (Å²) in [7, 11) is -0.742. The van der Waals surface area contributed by atoms with Crippen LogP contribution in [0.3, 0.4) is 0 Å². The molecular formula is C22H28N2O5S. The number of benzene rings is 2. The Bertz CT molecular complexity index is 1030. The Morgan fingerprint density at radius 2 is 1.80 bits per heavy atom. The Kier molecular flexibility index (Phi) is 6.67. The van der Waals surface area contributed by atoms with Gasteiger partial charge in [-0.2, -0.15) is 4.31 Å². The quantitative estimate of drug-likeness (QED) is 0.671. The molecule has 1 aliphatic rings. The SMILES string of the molecule is CCN(CC)S(=O)(=O)c1cc(C(=O)N2CCCc3cc(OC)ccc32)ccc1OC. The number of amides is 1. The number of hydrogen-bond donors (Lipinski definition) is 0. The molecule has 30 heavy (non-hydrogen) atoms. The van der Waals surface area contributed by atoms with E-state index in [2.05, 4.69) is 0 Å². The van der Waals surface area contributed by atoms with E-state index in [-0.39, 0.29) is 16.6 Å². The van der Waals surface area contributed by atoms with Gasteiger partial charge in [0.05, 0.1) is 14.2 Å². The number of carbonyl (C=O) groups excluding carboxylic acids is 1. The predicted molar refractivity (Wildman–Crippen MR) is 116 cm³/mol. The zero-order chi connectivity index (χ0) is 21.9. The van der Waals surface area contributed by atoms with Gasteiger partial charge in [0.2, 0.25) is 10.0 Å². The number of aryl methyl sites for hydroxylation is 1. The van der Waals surface area contributed by atoms with E-state index >= 15 is 0 Å². The van der Waals surface area contributed by atoms with Gasteiger partial charge in [0.15, 0.2) is 0 Å². The number of fused-ring (bicyclic) bond motifs is 1. The summed E-state index contributed by atoms with van der Waals surface area (Å²) in [4.78, 5) is 15.1. The maximum Gasteiger partial charge on any atom is 0.258 e. The summed E-state index contributed by atoms with van der Waals surface area (Å²) >= 11 is 0. The summed E-state index contributed by atoms with van der Waals surface area (Å²) in [6.07, 6.45) is 1.69. The highest BCUT2D eigenvalue weighted by atomic mass is 32.2. The van der Waals surface area contributed by atoms with Crippen LogP contribution in [0.15, 0.2) is 41.3 Å². The smallest absolute Gasteiger partial charge is 0.258 e. The molecule has 0 spiro atoms. The van der Waals surface area contributed by atoms with E-state index in [1.165, 1.54) is 17.5 Å². The minimum absolute atomic E-state index is 0.00603. The first-order valence-corrected chi connectivity index (χ1v) is 11.5. The molecule has 1 amide bonds. The molecule has 0 aliphatic carbocycles. The number of carbonyl (C=O) groups is 1. The van der Waals surface area contributed by atoms with Gasteiger partial charge in [0.25, 0.3) is 5.91 Å². The molecule has 0 atom stereocenters. The summed E-state index contributed by atoms with van der Waals surface area (Å²) in [5.41, 5.74) is 2.18. The van der Waals surface area contributed by atoms with Crippen LogP contribution in [0, 0.1) is 0 Å². The average Bonchev–Trinajstić information content (AvgIpc) is 2.77. The predicted octanol–water partition coefficient (Wildman–Crippen LogP) is 3.33. The number of ether oxygens (including phenoxy) is 2. The van der Waals surface area contributed by atoms with E-state index in [9.17, 15) is 13.2 Å². The highest BCUT2D eigenvalue weighted by Gasteiger charge is 2.29. The molecule has 162 valence electrons. The fourth-order valence-corrected chi connectivity index (χ4v) is 5.42. The Labute approximate surface area is 178 Å². The van der Waals surface area contributed by atoms with Crippen LogP contribution < -0.4 is 14.4 Å². The van der Waals surface area contributed by atoms with Crippen LogP contribution in [0.1, 0.15) is 36.2 Å². The van der Waals surface area contributed by atoms with Gasteiger partial charge in [-0.1, -0.05) is 13.8 Å². The molecule has 0 bridgehead atoms. The highest BCUT2D eigenvalue weighted by molar-refractivity contribution is 7.89. The topological polar surface area (TPSA) is 76.2 Å². The first-order valence-electron chi connectivity index (χ1n) is 10.0. The van der Waals surface area contributed by atoms with Crippen LogP contribution in [-0.2, 0) is 16.4 Å². The summed E-state index contributed by atoms with van der Waals surface area (Å²) < 4.78 is 38.1. The zero-order valence-corrected chi connectivity index (χ0v) is 18.7. The first-order chi connectivity index (χ1) is 14.4. The van der Waals surface area contributed by atoms with Crippen molar-refractivity contribution in [1.82, 2.24) is 4.31 Å². The van der Waals surface area contributed by atoms with Gasteiger partial charge >= 0.3 is 0 Å². The maximum atomic E-state index is 13.4. The fourth-order valence-electron chi connectivity index (χ4n) is 3.78. The van der Waals surface area contributed by atoms with Crippen LogP contribution in [-0.4, -0.2) is 52.5 Å². The molecule has 0 N–H and O–H groups in total. The lowest BCUT2D eigenvalue weighted by atomic mass is 10.0. The number of rotatable bonds is 7. The van der Waals surface area contributed by atoms with Crippen molar-refractivity contribution < 1.29 is 22.7 Å². The standard InChI is InChI=1S/C22H28N2O5S/c1-5-23(6-2)30(26,27)21-15-17(9-12-20(21)29-4)22(25)24-13-7-8-16-14-18(28-3)10-11-19(16)24/h9-12,14-15H,5-8,13H2,1-4H3. The van der Waals surface area contributed by atoms with Gasteiger partial charge in [-0.3, -0.25) is 4.79 Å². The monoisotopic (exact) mass is 432 g/mol. The minimum atomic E-state index is -3.78. The second-order valence-corrected chi connectivity index (χ2v) is 8.92. The number of hydrogen-bond acceptors (Lipinski definition) is 5. The van der Waals surface area contributed by atoms with Crippen molar-refractivity contribution in [3.63, 3.8) is 0 Å². The van der Waals surface area contributed by atoms with E-state index in [0.29, 0.717) is 25.2 Å². The summed E-state index contributed by atoms with van der Waals surface area (Å²) in [6, 6.07) is 10.2. The van der Waals surface area contributed by atoms with Gasteiger partial charge in [-0.25, -0.2) is 8.42 Å². The number of sulfonamides is 1. The minimum Gasteiger partial charge on any atom is -0.497 e. The Morgan fingerprint density at radius 1 is 1.07 bits per heavy atom. The van der Waals surface area contributed by atoms with Crippen molar-refractivity contribution in [3.05, 3.63) is 47.5 Å². The van der Waals surface area contributed by atoms with Crippen molar-refractivity contribution in [1.29, 1.82) is 0 Å². The molecule has 0 radical (unpaired) electrons. The van der Waals surface area contributed by atoms with Crippen LogP contribution in [0.4, 0.5) is 5.69 Å². The molecule has 0 aromatic heterocycles. The van der Waals surface area contributed by atoms with Crippen LogP contribution in [0.5, 0.6) is 11.5 Å². The molecule has 1 heterocycles. The van der Waals surface area contributed by atoms with Crippen molar-refractivity contribution in [2.75, 3.05) is 38.8 Å². The fraction of sp³-hybridized carbons (Fsp3) is 0.409. The molecule has 8 heteroatoms. The Hall–Kier alpha value is -2.58. The molecule has 2 aromatic rings. The molecule has 0 fully saturated rings. The zero-order valence-electron chi connectivity index (χ0n) is 17.8. The third-order valence-corrected chi connectivity index (χ3v) is 7.46. The van der Waals surface area contributed by atoms with Gasteiger partial charge in [0, 0.05) is 30.9 Å². The lowest BCUT2D eigenvalue weighted by molar-refractivity contribution is 0.0985. The molecule has 1 aliphatic heterocycles. The van der Waals surface area contributed by atoms with Crippen LogP contribution in [0.2, 0.25) is 0 Å². The van der Waals surface area contributed by atoms with Gasteiger partial charge in [-0.15, -0.1) is 0 Å². The first kappa shape index (κ1) is 22.1. The molecule has 0 saturated carbocycles. The summed E-state index contributed by atoms with van der Waals surface area (Å²) in [5, 5.41) is 0. The van der Waals surface area contributed by atoms with Crippen molar-refractivity contribution in [3.8, 4) is 11.5 Å². The number of methoxy groups -OCH3 is 2. The van der Waals surface area contributed by atoms with Crippen molar-refractivity contribution >= 4 is 21.6 Å². The molecule has 0 saturated heterocycles. The molecule has 0 unspecified atom stereocenters. The third-order valence-electron chi connectivity index (χ3n) is 5.38. The molecule has 7 nitrogen and oxygen atoms in total.